The van der Waals surface area contributed by atoms with Crippen molar-refractivity contribution in [2.24, 2.45) is 17.8 Å². The van der Waals surface area contributed by atoms with Crippen molar-refractivity contribution in [2.45, 2.75) is 32.6 Å². The maximum Gasteiger partial charge on any atom is 0.00150 e. The van der Waals surface area contributed by atoms with Gasteiger partial charge in [0.25, 0.3) is 0 Å². The molecule has 0 amide bonds. The predicted molar refractivity (Wildman–Crippen MR) is 64.9 cm³/mol. The van der Waals surface area contributed by atoms with E-state index in [1.54, 1.807) is 0 Å². The molecule has 0 bridgehead atoms. The van der Waals surface area contributed by atoms with Gasteiger partial charge >= 0.3 is 0 Å². The molecule has 2 rings (SSSR count). The zero-order valence-corrected chi connectivity index (χ0v) is 10.2. The number of thiol groups is 1. The number of hydrogen-bond acceptors (Lipinski definition) is 2. The monoisotopic (exact) mass is 213 g/mol. The fraction of sp³-hybridized carbons (Fsp3) is 1.00. The van der Waals surface area contributed by atoms with E-state index in [2.05, 4.69) is 24.5 Å². The van der Waals surface area contributed by atoms with E-state index in [4.69, 9.17) is 0 Å². The van der Waals surface area contributed by atoms with Crippen LogP contribution in [0.2, 0.25) is 0 Å². The minimum Gasteiger partial charge on any atom is -0.302 e. The van der Waals surface area contributed by atoms with Gasteiger partial charge < -0.3 is 4.90 Å². The maximum atomic E-state index is 4.38. The van der Waals surface area contributed by atoms with E-state index in [1.807, 2.05) is 0 Å². The van der Waals surface area contributed by atoms with Crippen molar-refractivity contribution in [3.63, 3.8) is 0 Å². The number of nitrogens with zero attached hydrogens (tertiary/aromatic N) is 1. The highest BCUT2D eigenvalue weighted by atomic mass is 32.1. The maximum absolute atomic E-state index is 4.38. The molecule has 1 unspecified atom stereocenters. The molecule has 82 valence electrons. The van der Waals surface area contributed by atoms with Crippen LogP contribution in [0, 0.1) is 17.8 Å². The first-order chi connectivity index (χ1) is 6.78. The Morgan fingerprint density at radius 1 is 1.14 bits per heavy atom. The van der Waals surface area contributed by atoms with Gasteiger partial charge in [-0.2, -0.15) is 12.6 Å². The van der Waals surface area contributed by atoms with Gasteiger partial charge in [-0.25, -0.2) is 0 Å². The Bertz CT molecular complexity index is 161. The normalized spacial score (nSPS) is 24.2. The zero-order valence-electron chi connectivity index (χ0n) is 9.28. The fourth-order valence-corrected chi connectivity index (χ4v) is 2.17. The second kappa shape index (κ2) is 4.89. The van der Waals surface area contributed by atoms with E-state index in [1.165, 1.54) is 45.3 Å². The predicted octanol–water partition coefficient (Wildman–Crippen LogP) is 2.67. The summed E-state index contributed by atoms with van der Waals surface area (Å²) in [6.07, 6.45) is 5.93. The van der Waals surface area contributed by atoms with Crippen LogP contribution in [0.5, 0.6) is 0 Å². The third kappa shape index (κ3) is 3.82. The SMILES string of the molecule is CC(CS)CN(CC1CC1)CC1CC1. The summed E-state index contributed by atoms with van der Waals surface area (Å²) in [6, 6.07) is 0. The van der Waals surface area contributed by atoms with Gasteiger partial charge in [0.2, 0.25) is 0 Å². The van der Waals surface area contributed by atoms with Gasteiger partial charge in [-0.1, -0.05) is 6.92 Å². The quantitative estimate of drug-likeness (QED) is 0.636. The number of hydrogen-bond donors (Lipinski definition) is 1. The molecule has 1 atom stereocenters. The fourth-order valence-electron chi connectivity index (χ4n) is 2.05. The highest BCUT2D eigenvalue weighted by molar-refractivity contribution is 7.80. The van der Waals surface area contributed by atoms with Crippen LogP contribution in [-0.4, -0.2) is 30.3 Å². The molecule has 0 radical (unpaired) electrons. The third-order valence-electron chi connectivity index (χ3n) is 3.31. The molecule has 0 saturated heterocycles. The van der Waals surface area contributed by atoms with Gasteiger partial charge in [-0.05, 0) is 49.2 Å². The van der Waals surface area contributed by atoms with Crippen molar-refractivity contribution in [2.75, 3.05) is 25.4 Å². The smallest absolute Gasteiger partial charge is 0.00150 e. The van der Waals surface area contributed by atoms with Crippen molar-refractivity contribution < 1.29 is 0 Å². The molecular formula is C12H23NS. The Kier molecular flexibility index (Phi) is 3.78. The lowest BCUT2D eigenvalue weighted by Crippen LogP contribution is -2.33. The van der Waals surface area contributed by atoms with Gasteiger partial charge in [0.1, 0.15) is 0 Å². The summed E-state index contributed by atoms with van der Waals surface area (Å²) in [7, 11) is 0. The van der Waals surface area contributed by atoms with Gasteiger partial charge in [0.15, 0.2) is 0 Å². The topological polar surface area (TPSA) is 3.24 Å². The molecule has 0 N–H and O–H groups in total. The summed E-state index contributed by atoms with van der Waals surface area (Å²) in [5, 5.41) is 0. The first kappa shape index (κ1) is 10.8. The van der Waals surface area contributed by atoms with Crippen molar-refractivity contribution in [1.82, 2.24) is 4.90 Å². The minimum atomic E-state index is 0.760. The van der Waals surface area contributed by atoms with Gasteiger partial charge in [0, 0.05) is 19.6 Å². The standard InChI is InChI=1S/C12H23NS/c1-10(9-14)6-13(7-11-2-3-11)8-12-4-5-12/h10-12,14H,2-9H2,1H3. The lowest BCUT2D eigenvalue weighted by molar-refractivity contribution is 0.227. The van der Waals surface area contributed by atoms with E-state index >= 15 is 0 Å². The molecule has 2 aliphatic carbocycles. The van der Waals surface area contributed by atoms with Crippen LogP contribution in [0.15, 0.2) is 0 Å². The van der Waals surface area contributed by atoms with Crippen LogP contribution in [0.3, 0.4) is 0 Å². The van der Waals surface area contributed by atoms with Gasteiger partial charge in [0.05, 0.1) is 0 Å². The van der Waals surface area contributed by atoms with Crippen molar-refractivity contribution in [3.8, 4) is 0 Å². The molecular weight excluding hydrogens is 190 g/mol. The van der Waals surface area contributed by atoms with Crippen LogP contribution in [0.4, 0.5) is 0 Å². The van der Waals surface area contributed by atoms with E-state index < -0.39 is 0 Å². The van der Waals surface area contributed by atoms with E-state index in [-0.39, 0.29) is 0 Å². The van der Waals surface area contributed by atoms with Crippen molar-refractivity contribution >= 4 is 12.6 Å². The summed E-state index contributed by atoms with van der Waals surface area (Å²) >= 11 is 4.38. The van der Waals surface area contributed by atoms with Crippen LogP contribution in [0.25, 0.3) is 0 Å². The molecule has 0 spiro atoms. The Hall–Kier alpha value is 0.310. The Labute approximate surface area is 93.7 Å². The van der Waals surface area contributed by atoms with Gasteiger partial charge in [-0.3, -0.25) is 0 Å². The van der Waals surface area contributed by atoms with E-state index in [0.29, 0.717) is 0 Å². The lowest BCUT2D eigenvalue weighted by atomic mass is 10.2. The summed E-state index contributed by atoms with van der Waals surface area (Å²) in [5.74, 6) is 3.88. The first-order valence-electron chi connectivity index (χ1n) is 6.11. The molecule has 0 aliphatic heterocycles. The van der Waals surface area contributed by atoms with Crippen molar-refractivity contribution in [3.05, 3.63) is 0 Å². The van der Waals surface area contributed by atoms with Crippen LogP contribution in [0.1, 0.15) is 32.6 Å². The van der Waals surface area contributed by atoms with Crippen LogP contribution >= 0.6 is 12.6 Å². The molecule has 2 heteroatoms. The van der Waals surface area contributed by atoms with Gasteiger partial charge in [-0.15, -0.1) is 0 Å². The molecule has 14 heavy (non-hydrogen) atoms. The molecule has 0 aromatic rings. The minimum absolute atomic E-state index is 0.760. The second-order valence-electron chi connectivity index (χ2n) is 5.39. The second-order valence-corrected chi connectivity index (χ2v) is 5.76. The molecule has 1 nitrogen and oxygen atoms in total. The summed E-state index contributed by atoms with van der Waals surface area (Å²) < 4.78 is 0. The highest BCUT2D eigenvalue weighted by Crippen LogP contribution is 2.33. The highest BCUT2D eigenvalue weighted by Gasteiger charge is 2.29. The Morgan fingerprint density at radius 2 is 1.64 bits per heavy atom. The molecule has 2 fully saturated rings. The largest absolute Gasteiger partial charge is 0.302 e. The number of rotatable bonds is 7. The van der Waals surface area contributed by atoms with E-state index in [0.717, 1.165) is 23.5 Å². The Morgan fingerprint density at radius 3 is 2.00 bits per heavy atom. The molecule has 2 aliphatic rings. The summed E-state index contributed by atoms with van der Waals surface area (Å²) in [5.41, 5.74) is 0. The molecule has 0 aromatic heterocycles. The first-order valence-corrected chi connectivity index (χ1v) is 6.74. The Balaban J connectivity index is 1.71. The van der Waals surface area contributed by atoms with Crippen LogP contribution < -0.4 is 0 Å². The van der Waals surface area contributed by atoms with Crippen molar-refractivity contribution in [1.29, 1.82) is 0 Å². The third-order valence-corrected chi connectivity index (χ3v) is 3.93. The lowest BCUT2D eigenvalue weighted by Gasteiger charge is -2.24. The molecule has 0 aromatic carbocycles. The average Bonchev–Trinajstić information content (AvgIpc) is 2.99. The van der Waals surface area contributed by atoms with E-state index in [9.17, 15) is 0 Å². The summed E-state index contributed by atoms with van der Waals surface area (Å²) in [6.45, 7) is 6.33. The molecule has 0 heterocycles. The summed E-state index contributed by atoms with van der Waals surface area (Å²) in [4.78, 5) is 2.70. The van der Waals surface area contributed by atoms with Crippen LogP contribution in [-0.2, 0) is 0 Å². The zero-order chi connectivity index (χ0) is 9.97. The average molecular weight is 213 g/mol. The molecule has 2 saturated carbocycles.